The molecule has 1 saturated carbocycles. The largest absolute Gasteiger partial charge is 0.490 e. The highest BCUT2D eigenvalue weighted by molar-refractivity contribution is 5.91. The van der Waals surface area contributed by atoms with E-state index in [1.807, 2.05) is 27.7 Å². The monoisotopic (exact) mass is 520 g/mol. The topological polar surface area (TPSA) is 90.9 Å². The summed E-state index contributed by atoms with van der Waals surface area (Å²) in [5, 5.41) is 0. The van der Waals surface area contributed by atoms with Gasteiger partial charge in [0.05, 0.1) is 25.4 Å². The molecular formula is C28H40O9. The third kappa shape index (κ3) is 4.47. The number of benzene rings is 1. The van der Waals surface area contributed by atoms with Gasteiger partial charge in [0.25, 0.3) is 0 Å². The summed E-state index contributed by atoms with van der Waals surface area (Å²) in [6.45, 7) is 13.1. The third-order valence-corrected chi connectivity index (χ3v) is 8.47. The van der Waals surface area contributed by atoms with Gasteiger partial charge in [-0.15, -0.1) is 0 Å². The minimum atomic E-state index is -0.888. The smallest absolute Gasteiger partial charge is 0.340 e. The molecule has 0 amide bonds. The summed E-state index contributed by atoms with van der Waals surface area (Å²) in [6.07, 6.45) is 2.18. The zero-order chi connectivity index (χ0) is 26.4. The molecule has 1 aliphatic carbocycles. The van der Waals surface area contributed by atoms with Crippen LogP contribution in [0, 0.1) is 23.7 Å². The Kier molecular flexibility index (Phi) is 7.35. The van der Waals surface area contributed by atoms with Crippen LogP contribution in [-0.4, -0.2) is 49.8 Å². The maximum atomic E-state index is 13.5. The van der Waals surface area contributed by atoms with E-state index in [1.165, 1.54) is 0 Å². The first-order chi connectivity index (χ1) is 17.8. The molecule has 4 aliphatic heterocycles. The van der Waals surface area contributed by atoms with Crippen molar-refractivity contribution in [2.75, 3.05) is 19.8 Å². The van der Waals surface area contributed by atoms with Crippen LogP contribution in [0.25, 0.3) is 0 Å². The Bertz CT molecular complexity index is 971. The van der Waals surface area contributed by atoms with Gasteiger partial charge >= 0.3 is 5.97 Å². The first-order valence-electron chi connectivity index (χ1n) is 13.7. The number of carbonyl (C=O) groups excluding carboxylic acids is 1. The Morgan fingerprint density at radius 2 is 1.62 bits per heavy atom. The van der Waals surface area contributed by atoms with Crippen molar-refractivity contribution in [3.05, 3.63) is 17.7 Å². The van der Waals surface area contributed by atoms with Gasteiger partial charge in [0.15, 0.2) is 23.4 Å². The van der Waals surface area contributed by atoms with Crippen molar-refractivity contribution in [2.24, 2.45) is 23.7 Å². The number of hydrogen-bond acceptors (Lipinski definition) is 9. The average molecular weight is 521 g/mol. The minimum Gasteiger partial charge on any atom is -0.490 e. The van der Waals surface area contributed by atoms with Gasteiger partial charge in [-0.2, -0.15) is 0 Å². The van der Waals surface area contributed by atoms with Crippen LogP contribution in [0.1, 0.15) is 77.6 Å². The van der Waals surface area contributed by atoms with Crippen molar-refractivity contribution in [2.45, 2.75) is 91.2 Å². The van der Waals surface area contributed by atoms with Crippen molar-refractivity contribution >= 4 is 5.97 Å². The minimum absolute atomic E-state index is 0.0613. The summed E-state index contributed by atoms with van der Waals surface area (Å²) in [7, 11) is 0. The van der Waals surface area contributed by atoms with Crippen LogP contribution in [0.3, 0.4) is 0 Å². The van der Waals surface area contributed by atoms with Gasteiger partial charge in [0.1, 0.15) is 0 Å². The van der Waals surface area contributed by atoms with Gasteiger partial charge < -0.3 is 28.4 Å². The van der Waals surface area contributed by atoms with Crippen molar-refractivity contribution in [1.82, 2.24) is 0 Å². The Labute approximate surface area is 218 Å². The molecule has 6 rings (SSSR count). The second-order valence-electron chi connectivity index (χ2n) is 10.8. The summed E-state index contributed by atoms with van der Waals surface area (Å²) in [4.78, 5) is 25.5. The molecule has 8 atom stereocenters. The van der Waals surface area contributed by atoms with Crippen molar-refractivity contribution < 1.29 is 43.0 Å². The Hall–Kier alpha value is -2.07. The van der Waals surface area contributed by atoms with E-state index in [0.717, 1.165) is 25.7 Å². The fourth-order valence-corrected chi connectivity index (χ4v) is 6.69. The molecule has 5 fully saturated rings. The lowest BCUT2D eigenvalue weighted by Crippen LogP contribution is -2.70. The predicted molar refractivity (Wildman–Crippen MR) is 132 cm³/mol. The lowest BCUT2D eigenvalue weighted by molar-refractivity contribution is -0.576. The van der Waals surface area contributed by atoms with Crippen LogP contribution >= 0.6 is 0 Å². The van der Waals surface area contributed by atoms with Crippen LogP contribution in [0.15, 0.2) is 12.1 Å². The molecule has 9 heteroatoms. The Morgan fingerprint density at radius 3 is 2.27 bits per heavy atom. The quantitative estimate of drug-likeness (QED) is 0.337. The van der Waals surface area contributed by atoms with Crippen molar-refractivity contribution in [3.8, 4) is 17.2 Å². The van der Waals surface area contributed by atoms with Gasteiger partial charge in [0, 0.05) is 18.3 Å². The normalized spacial score (nSPS) is 38.3. The van der Waals surface area contributed by atoms with Crippen molar-refractivity contribution in [3.63, 3.8) is 0 Å². The first-order valence-corrected chi connectivity index (χ1v) is 13.7. The van der Waals surface area contributed by atoms with E-state index in [-0.39, 0.29) is 17.8 Å². The van der Waals surface area contributed by atoms with Gasteiger partial charge in [-0.1, -0.05) is 13.8 Å². The zero-order valence-corrected chi connectivity index (χ0v) is 22.7. The number of ether oxygens (including phenoxy) is 6. The molecule has 37 heavy (non-hydrogen) atoms. The summed E-state index contributed by atoms with van der Waals surface area (Å²) in [5.41, 5.74) is -0.407. The highest BCUT2D eigenvalue weighted by Gasteiger charge is 2.69. The standard InChI is InChI=1S/C28H40O9/c1-7-30-21-14-18(15-22(31-8-2)23(21)32-9-3)24(29)33-25-17(5)20-11-10-16(4)19-12-13-27(6)35-26(34-25)28(19,20)37-36-27/h14-17,19-20,25-26H,7-13H2,1-6H3/t16-,17+,19-,20-,25-,26-,27-,28-/m1/s1. The van der Waals surface area contributed by atoms with Crippen LogP contribution < -0.4 is 14.2 Å². The molecule has 0 aromatic heterocycles. The molecule has 0 unspecified atom stereocenters. The summed E-state index contributed by atoms with van der Waals surface area (Å²) < 4.78 is 36.1. The maximum Gasteiger partial charge on any atom is 0.340 e. The lowest BCUT2D eigenvalue weighted by atomic mass is 9.58. The average Bonchev–Trinajstić information content (AvgIpc) is 3.10. The Morgan fingerprint density at radius 1 is 0.946 bits per heavy atom. The van der Waals surface area contributed by atoms with Gasteiger partial charge in [0.2, 0.25) is 17.8 Å². The molecule has 9 nitrogen and oxygen atoms in total. The lowest BCUT2D eigenvalue weighted by Gasteiger charge is -2.59. The number of hydrogen-bond donors (Lipinski definition) is 0. The van der Waals surface area contributed by atoms with E-state index in [4.69, 9.17) is 38.2 Å². The summed E-state index contributed by atoms with van der Waals surface area (Å²) >= 11 is 0. The van der Waals surface area contributed by atoms with E-state index in [9.17, 15) is 4.79 Å². The van der Waals surface area contributed by atoms with E-state index in [0.29, 0.717) is 48.6 Å². The molecule has 0 N–H and O–H groups in total. The summed E-state index contributed by atoms with van der Waals surface area (Å²) in [5.74, 6) is 0.573. The number of fused-ring (bicyclic) bond motifs is 2. The number of esters is 1. The van der Waals surface area contributed by atoms with E-state index in [1.54, 1.807) is 12.1 Å². The van der Waals surface area contributed by atoms with Gasteiger partial charge in [-0.25, -0.2) is 14.6 Å². The van der Waals surface area contributed by atoms with Gasteiger partial charge in [-0.05, 0) is 70.9 Å². The van der Waals surface area contributed by atoms with Crippen LogP contribution in [-0.2, 0) is 24.0 Å². The molecular weight excluding hydrogens is 480 g/mol. The molecule has 2 bridgehead atoms. The maximum absolute atomic E-state index is 13.5. The zero-order valence-electron chi connectivity index (χ0n) is 22.7. The van der Waals surface area contributed by atoms with E-state index in [2.05, 4.69) is 13.8 Å². The molecule has 5 aliphatic rings. The van der Waals surface area contributed by atoms with Crippen LogP contribution in [0.5, 0.6) is 17.2 Å². The molecule has 1 aromatic rings. The molecule has 1 aromatic carbocycles. The molecule has 4 heterocycles. The number of rotatable bonds is 8. The third-order valence-electron chi connectivity index (χ3n) is 8.47. The fourth-order valence-electron chi connectivity index (χ4n) is 6.69. The van der Waals surface area contributed by atoms with Crippen LogP contribution in [0.4, 0.5) is 0 Å². The second-order valence-corrected chi connectivity index (χ2v) is 10.8. The molecule has 206 valence electrons. The highest BCUT2D eigenvalue weighted by Crippen LogP contribution is 2.60. The molecule has 4 saturated heterocycles. The number of carbonyl (C=O) groups is 1. The summed E-state index contributed by atoms with van der Waals surface area (Å²) in [6, 6.07) is 3.27. The van der Waals surface area contributed by atoms with Crippen LogP contribution in [0.2, 0.25) is 0 Å². The highest BCUT2D eigenvalue weighted by atomic mass is 17.3. The Balaban J connectivity index is 1.43. The second kappa shape index (κ2) is 10.2. The first kappa shape index (κ1) is 26.5. The van der Waals surface area contributed by atoms with E-state index < -0.39 is 29.9 Å². The fraction of sp³-hybridized carbons (Fsp3) is 0.750. The molecule has 1 spiro atoms. The van der Waals surface area contributed by atoms with Crippen molar-refractivity contribution in [1.29, 1.82) is 0 Å². The van der Waals surface area contributed by atoms with E-state index >= 15 is 0 Å². The molecule has 0 radical (unpaired) electrons. The predicted octanol–water partition coefficient (Wildman–Crippen LogP) is 5.25. The SMILES string of the molecule is CCOc1cc(C(=O)O[C@@H]2O[C@@H]3O[C@@]4(C)CC[C@@H]5[C@H](C)CC[C@H]([C@@H]2C)[C@@]35OO4)cc(OCC)c1OCC. The van der Waals surface area contributed by atoms with Gasteiger partial charge in [-0.3, -0.25) is 0 Å².